The van der Waals surface area contributed by atoms with E-state index in [2.05, 4.69) is 5.32 Å². The maximum Gasteiger partial charge on any atom is 0.337 e. The van der Waals surface area contributed by atoms with Crippen molar-refractivity contribution in [2.75, 3.05) is 38.5 Å². The van der Waals surface area contributed by atoms with Crippen molar-refractivity contribution in [1.82, 2.24) is 4.98 Å². The molecule has 9 nitrogen and oxygen atoms in total. The molecule has 0 bridgehead atoms. The van der Waals surface area contributed by atoms with Crippen LogP contribution in [-0.2, 0) is 11.2 Å². The first kappa shape index (κ1) is 23.5. The third-order valence-corrected chi connectivity index (χ3v) is 6.30. The van der Waals surface area contributed by atoms with Gasteiger partial charge in [-0.25, -0.2) is 9.78 Å². The molecule has 1 amide bonds. The van der Waals surface area contributed by atoms with Gasteiger partial charge in [-0.3, -0.25) is 4.79 Å². The summed E-state index contributed by atoms with van der Waals surface area (Å²) in [6, 6.07) is 8.55. The molecule has 0 radical (unpaired) electrons. The highest BCUT2D eigenvalue weighted by atomic mass is 32.2. The maximum absolute atomic E-state index is 12.7. The second-order valence-corrected chi connectivity index (χ2v) is 8.35. The number of aryl methyl sites for hydroxylation is 1. The van der Waals surface area contributed by atoms with Crippen molar-refractivity contribution in [1.29, 1.82) is 0 Å². The Bertz CT molecular complexity index is 1260. The van der Waals surface area contributed by atoms with Crippen molar-refractivity contribution in [3.05, 3.63) is 41.5 Å². The average molecular weight is 485 g/mol. The van der Waals surface area contributed by atoms with Crippen molar-refractivity contribution in [3.63, 3.8) is 0 Å². The molecule has 0 saturated carbocycles. The van der Waals surface area contributed by atoms with E-state index in [4.69, 9.17) is 23.9 Å². The highest BCUT2D eigenvalue weighted by Crippen LogP contribution is 2.36. The summed E-state index contributed by atoms with van der Waals surface area (Å²) in [6.07, 6.45) is 0.736. The fourth-order valence-electron chi connectivity index (χ4n) is 3.59. The third kappa shape index (κ3) is 4.81. The Kier molecular flexibility index (Phi) is 6.97. The molecular formula is C24H24N2O7S. The van der Waals surface area contributed by atoms with Gasteiger partial charge in [-0.1, -0.05) is 18.7 Å². The van der Waals surface area contributed by atoms with E-state index in [1.807, 2.05) is 25.1 Å². The summed E-state index contributed by atoms with van der Waals surface area (Å²) < 4.78 is 21.7. The molecule has 1 aliphatic heterocycles. The molecule has 0 atom stereocenters. The molecule has 2 aromatic carbocycles. The number of carboxylic acid groups (broad SMARTS) is 1. The molecule has 0 aliphatic carbocycles. The number of carboxylic acids is 1. The summed E-state index contributed by atoms with van der Waals surface area (Å²) >= 11 is 1.28. The Morgan fingerprint density at radius 1 is 1.06 bits per heavy atom. The largest absolute Gasteiger partial charge is 0.493 e. The molecule has 0 spiro atoms. The number of hydrogen-bond donors (Lipinski definition) is 2. The number of nitrogens with zero attached hydrogens (tertiary/aromatic N) is 1. The van der Waals surface area contributed by atoms with Crippen LogP contribution in [0.25, 0.3) is 10.9 Å². The topological polar surface area (TPSA) is 116 Å². The van der Waals surface area contributed by atoms with E-state index in [9.17, 15) is 14.7 Å². The van der Waals surface area contributed by atoms with Crippen LogP contribution in [0.5, 0.6) is 23.0 Å². The molecular weight excluding hydrogens is 460 g/mol. The van der Waals surface area contributed by atoms with Crippen molar-refractivity contribution < 1.29 is 33.6 Å². The van der Waals surface area contributed by atoms with Gasteiger partial charge < -0.3 is 29.4 Å². The minimum Gasteiger partial charge on any atom is -0.493 e. The van der Waals surface area contributed by atoms with E-state index in [1.54, 1.807) is 0 Å². The summed E-state index contributed by atoms with van der Waals surface area (Å²) in [5, 5.41) is 13.9. The first-order valence-corrected chi connectivity index (χ1v) is 11.6. The van der Waals surface area contributed by atoms with Crippen LogP contribution in [0.1, 0.15) is 22.8 Å². The fraction of sp³-hybridized carbons (Fsp3) is 0.292. The molecule has 1 aromatic heterocycles. The summed E-state index contributed by atoms with van der Waals surface area (Å²) in [5.41, 5.74) is 1.78. The molecule has 34 heavy (non-hydrogen) atoms. The second kappa shape index (κ2) is 10.1. The van der Waals surface area contributed by atoms with Crippen molar-refractivity contribution in [2.24, 2.45) is 0 Å². The van der Waals surface area contributed by atoms with Gasteiger partial charge >= 0.3 is 5.97 Å². The Balaban J connectivity index is 1.55. The zero-order valence-corrected chi connectivity index (χ0v) is 19.8. The van der Waals surface area contributed by atoms with Crippen LogP contribution in [0.2, 0.25) is 0 Å². The molecule has 4 rings (SSSR count). The van der Waals surface area contributed by atoms with E-state index in [-0.39, 0.29) is 28.7 Å². The molecule has 0 unspecified atom stereocenters. The van der Waals surface area contributed by atoms with Crippen LogP contribution in [0.15, 0.2) is 35.4 Å². The minimum atomic E-state index is -1.19. The lowest BCUT2D eigenvalue weighted by Crippen LogP contribution is -2.17. The number of aromatic nitrogens is 1. The first-order chi connectivity index (χ1) is 16.4. The van der Waals surface area contributed by atoms with E-state index in [1.165, 1.54) is 38.1 Å². The number of amides is 1. The lowest BCUT2D eigenvalue weighted by atomic mass is 10.1. The average Bonchev–Trinajstić information content (AvgIpc) is 2.85. The number of carbonyl (C=O) groups is 2. The lowest BCUT2D eigenvalue weighted by Gasteiger charge is -2.19. The number of thioether (sulfide) groups is 1. The van der Waals surface area contributed by atoms with Crippen LogP contribution in [0, 0.1) is 0 Å². The number of carbonyl (C=O) groups excluding carboxylic acids is 1. The van der Waals surface area contributed by atoms with Crippen molar-refractivity contribution in [3.8, 4) is 23.0 Å². The fourth-order valence-corrected chi connectivity index (χ4v) is 4.49. The zero-order valence-electron chi connectivity index (χ0n) is 19.0. The Morgan fingerprint density at radius 2 is 1.74 bits per heavy atom. The molecule has 10 heteroatoms. The number of hydrogen-bond acceptors (Lipinski definition) is 8. The third-order valence-electron chi connectivity index (χ3n) is 5.27. The minimum absolute atomic E-state index is 0.0451. The SMILES string of the molecule is CCc1cc2cc3c(cc2nc1SCC(=O)Nc1cc(OC)c(OC)cc1C(=O)O)OCCO3. The summed E-state index contributed by atoms with van der Waals surface area (Å²) in [4.78, 5) is 29.1. The number of anilines is 1. The van der Waals surface area contributed by atoms with Crippen molar-refractivity contribution >= 4 is 40.2 Å². The summed E-state index contributed by atoms with van der Waals surface area (Å²) in [7, 11) is 2.85. The number of nitrogens with one attached hydrogen (secondary N) is 1. The zero-order chi connectivity index (χ0) is 24.2. The molecule has 1 aliphatic rings. The second-order valence-electron chi connectivity index (χ2n) is 7.39. The van der Waals surface area contributed by atoms with Gasteiger partial charge in [-0.15, -0.1) is 0 Å². The number of rotatable bonds is 8. The van der Waals surface area contributed by atoms with Crippen LogP contribution in [0.4, 0.5) is 5.69 Å². The number of methoxy groups -OCH3 is 2. The Hall–Kier alpha value is -3.66. The number of aromatic carboxylic acids is 1. The van der Waals surface area contributed by atoms with Gasteiger partial charge in [-0.05, 0) is 24.1 Å². The smallest absolute Gasteiger partial charge is 0.337 e. The van der Waals surface area contributed by atoms with Gasteiger partial charge in [0.05, 0.1) is 36.7 Å². The molecule has 2 heterocycles. The highest BCUT2D eigenvalue weighted by Gasteiger charge is 2.19. The van der Waals surface area contributed by atoms with Crippen LogP contribution >= 0.6 is 11.8 Å². The molecule has 178 valence electrons. The molecule has 0 saturated heterocycles. The van der Waals surface area contributed by atoms with E-state index < -0.39 is 5.97 Å². The predicted molar refractivity (Wildman–Crippen MR) is 128 cm³/mol. The number of pyridine rings is 1. The Morgan fingerprint density at radius 3 is 2.38 bits per heavy atom. The Labute approximate surface area is 200 Å². The summed E-state index contributed by atoms with van der Waals surface area (Å²) in [6.45, 7) is 3.02. The van der Waals surface area contributed by atoms with Crippen LogP contribution in [-0.4, -0.2) is 55.2 Å². The number of ether oxygens (including phenoxy) is 4. The maximum atomic E-state index is 12.7. The molecule has 2 N–H and O–H groups in total. The molecule has 0 fully saturated rings. The van der Waals surface area contributed by atoms with E-state index in [0.717, 1.165) is 27.9 Å². The predicted octanol–water partition coefficient (Wildman–Crippen LogP) is 4.01. The van der Waals surface area contributed by atoms with Gasteiger partial charge in [0.2, 0.25) is 5.91 Å². The number of fused-ring (bicyclic) bond motifs is 2. The lowest BCUT2D eigenvalue weighted by molar-refractivity contribution is -0.113. The normalized spacial score (nSPS) is 12.3. The standard InChI is InChI=1S/C24H24N2O7S/c1-4-13-7-14-8-20-21(33-6-5-32-20)10-16(14)26-23(13)34-12-22(27)25-17-11-19(31-3)18(30-2)9-15(17)24(28)29/h7-11H,4-6,12H2,1-3H3,(H,25,27)(H,28,29). The van der Waals surface area contributed by atoms with Gasteiger partial charge in [0.1, 0.15) is 18.2 Å². The highest BCUT2D eigenvalue weighted by molar-refractivity contribution is 8.00. The van der Waals surface area contributed by atoms with Gasteiger partial charge in [0, 0.05) is 23.6 Å². The van der Waals surface area contributed by atoms with E-state index in [0.29, 0.717) is 30.5 Å². The van der Waals surface area contributed by atoms with Gasteiger partial charge in [-0.2, -0.15) is 0 Å². The first-order valence-electron chi connectivity index (χ1n) is 10.6. The van der Waals surface area contributed by atoms with Crippen LogP contribution < -0.4 is 24.3 Å². The van der Waals surface area contributed by atoms with Gasteiger partial charge in [0.15, 0.2) is 23.0 Å². The van der Waals surface area contributed by atoms with Crippen LogP contribution in [0.3, 0.4) is 0 Å². The quantitative estimate of drug-likeness (QED) is 0.457. The van der Waals surface area contributed by atoms with E-state index >= 15 is 0 Å². The van der Waals surface area contributed by atoms with Crippen molar-refractivity contribution in [2.45, 2.75) is 18.4 Å². The molecule has 3 aromatic rings. The van der Waals surface area contributed by atoms with Gasteiger partial charge in [0.25, 0.3) is 0 Å². The number of benzene rings is 2. The summed E-state index contributed by atoms with van der Waals surface area (Å²) in [5.74, 6) is 0.411. The monoisotopic (exact) mass is 484 g/mol.